The number of aliphatic hydroxyl groups is 2. The fourth-order valence-corrected chi connectivity index (χ4v) is 6.86. The number of hydrogen-bond donors (Lipinski definition) is 2. The van der Waals surface area contributed by atoms with Crippen molar-refractivity contribution in [3.63, 3.8) is 0 Å². The number of carbonyl (C=O) groups is 2. The minimum Gasteiger partial charge on any atom is -0.393 e. The van der Waals surface area contributed by atoms with Crippen LogP contribution in [0.1, 0.15) is 58.6 Å². The molecule has 2 aliphatic heterocycles. The van der Waals surface area contributed by atoms with Gasteiger partial charge in [-0.05, 0) is 68.1 Å². The highest BCUT2D eigenvalue weighted by molar-refractivity contribution is 5.95. The molecule has 1 saturated carbocycles. The van der Waals surface area contributed by atoms with Gasteiger partial charge < -0.3 is 24.9 Å². The predicted molar refractivity (Wildman–Crippen MR) is 143 cm³/mol. The quantitative estimate of drug-likeness (QED) is 0.621. The number of carbonyl (C=O) groups excluding carboxylic acids is 2. The largest absolute Gasteiger partial charge is 0.393 e. The second-order valence-corrected chi connectivity index (χ2v) is 11.9. The van der Waals surface area contributed by atoms with Gasteiger partial charge >= 0.3 is 0 Å². The van der Waals surface area contributed by atoms with Gasteiger partial charge in [-0.3, -0.25) is 14.3 Å². The van der Waals surface area contributed by atoms with E-state index in [1.165, 1.54) is 16.8 Å². The van der Waals surface area contributed by atoms with E-state index >= 15 is 0 Å². The van der Waals surface area contributed by atoms with Crippen LogP contribution in [0.4, 0.5) is 5.69 Å². The Kier molecular flexibility index (Phi) is 6.26. The SMILES string of the molecule is Cc1cccc(N2CCN(C(=O)Cn3nc(C(=O)N4CCC(O)(CO)CC4)c4c3CC3C(C)C43)CC2)c1C. The van der Waals surface area contributed by atoms with Crippen LogP contribution in [-0.2, 0) is 17.8 Å². The van der Waals surface area contributed by atoms with Crippen molar-refractivity contribution in [2.75, 3.05) is 50.8 Å². The maximum Gasteiger partial charge on any atom is 0.274 e. The van der Waals surface area contributed by atoms with Gasteiger partial charge in [-0.1, -0.05) is 19.1 Å². The van der Waals surface area contributed by atoms with Crippen molar-refractivity contribution in [3.8, 4) is 0 Å². The molecule has 3 unspecified atom stereocenters. The molecule has 1 aromatic carbocycles. The third-order valence-electron chi connectivity index (χ3n) is 9.74. The molecule has 9 heteroatoms. The number of fused-ring (bicyclic) bond motifs is 3. The number of aromatic nitrogens is 2. The third-order valence-corrected chi connectivity index (χ3v) is 9.74. The molecule has 2 N–H and O–H groups in total. The summed E-state index contributed by atoms with van der Waals surface area (Å²) in [4.78, 5) is 33.0. The molecule has 9 nitrogen and oxygen atoms in total. The van der Waals surface area contributed by atoms with Crippen LogP contribution in [0.25, 0.3) is 0 Å². The lowest BCUT2D eigenvalue weighted by Crippen LogP contribution is -2.50. The lowest BCUT2D eigenvalue weighted by atomic mass is 9.92. The maximum atomic E-state index is 13.6. The Morgan fingerprint density at radius 3 is 2.45 bits per heavy atom. The molecule has 0 spiro atoms. The summed E-state index contributed by atoms with van der Waals surface area (Å²) in [5.74, 6) is 1.37. The smallest absolute Gasteiger partial charge is 0.274 e. The topological polar surface area (TPSA) is 102 Å². The average molecular weight is 522 g/mol. The highest BCUT2D eigenvalue weighted by atomic mass is 16.3. The number of piperidine rings is 1. The summed E-state index contributed by atoms with van der Waals surface area (Å²) in [6.07, 6.45) is 1.58. The first-order valence-corrected chi connectivity index (χ1v) is 14.0. The molecule has 204 valence electrons. The first-order valence-electron chi connectivity index (χ1n) is 14.0. The summed E-state index contributed by atoms with van der Waals surface area (Å²) in [5.41, 5.74) is 5.28. The van der Waals surface area contributed by atoms with Gasteiger partial charge in [-0.15, -0.1) is 0 Å². The molecule has 2 amide bonds. The van der Waals surface area contributed by atoms with Gasteiger partial charge in [0.25, 0.3) is 5.91 Å². The van der Waals surface area contributed by atoms with Gasteiger partial charge in [0.1, 0.15) is 6.54 Å². The van der Waals surface area contributed by atoms with E-state index in [2.05, 4.69) is 43.9 Å². The minimum absolute atomic E-state index is 0.0505. The second-order valence-electron chi connectivity index (χ2n) is 11.9. The number of nitrogens with zero attached hydrogens (tertiary/aromatic N) is 5. The molecule has 0 radical (unpaired) electrons. The molecule has 0 bridgehead atoms. The molecular formula is C29H39N5O4. The summed E-state index contributed by atoms with van der Waals surface area (Å²) in [6, 6.07) is 6.38. The van der Waals surface area contributed by atoms with Crippen molar-refractivity contribution in [3.05, 3.63) is 46.3 Å². The molecule has 3 heterocycles. The minimum atomic E-state index is -1.11. The highest BCUT2D eigenvalue weighted by Gasteiger charge is 2.56. The molecule has 3 fully saturated rings. The standard InChI is InChI=1S/C29H39N5O4/c1-18-5-4-6-22(19(18)2)31-11-13-32(14-12-31)24(36)16-34-23-15-21-20(3)25(21)26(23)27(30-34)28(37)33-9-7-29(38,17-35)8-10-33/h4-6,20-21,25,35,38H,7-17H2,1-3H3. The van der Waals surface area contributed by atoms with Crippen LogP contribution in [0.2, 0.25) is 0 Å². The van der Waals surface area contributed by atoms with E-state index in [-0.39, 0.29) is 25.0 Å². The van der Waals surface area contributed by atoms with Gasteiger partial charge in [0.15, 0.2) is 5.69 Å². The van der Waals surface area contributed by atoms with Gasteiger partial charge in [0.2, 0.25) is 5.91 Å². The maximum absolute atomic E-state index is 13.6. The molecular weight excluding hydrogens is 482 g/mol. The Hall–Kier alpha value is -2.91. The Labute approximate surface area is 224 Å². The molecule has 2 aromatic rings. The third kappa shape index (κ3) is 4.20. The Bertz CT molecular complexity index is 1260. The number of likely N-dealkylation sites (tertiary alicyclic amines) is 1. The van der Waals surface area contributed by atoms with Gasteiger partial charge in [-0.25, -0.2) is 0 Å². The summed E-state index contributed by atoms with van der Waals surface area (Å²) in [6.45, 7) is 10.1. The fraction of sp³-hybridized carbons (Fsp3) is 0.621. The molecule has 3 atom stereocenters. The molecule has 1 aromatic heterocycles. The molecule has 4 aliphatic rings. The number of benzene rings is 1. The summed E-state index contributed by atoms with van der Waals surface area (Å²) < 4.78 is 1.80. The van der Waals surface area contributed by atoms with Crippen LogP contribution in [0.3, 0.4) is 0 Å². The lowest BCUT2D eigenvalue weighted by molar-refractivity contribution is -0.132. The van der Waals surface area contributed by atoms with Crippen LogP contribution in [0.5, 0.6) is 0 Å². The predicted octanol–water partition coefficient (Wildman–Crippen LogP) is 1.71. The van der Waals surface area contributed by atoms with Gasteiger partial charge in [-0.2, -0.15) is 5.10 Å². The zero-order chi connectivity index (χ0) is 26.8. The Balaban J connectivity index is 1.15. The van der Waals surface area contributed by atoms with E-state index in [1.54, 1.807) is 9.58 Å². The Morgan fingerprint density at radius 2 is 1.76 bits per heavy atom. The highest BCUT2D eigenvalue weighted by Crippen LogP contribution is 2.62. The van der Waals surface area contributed by atoms with E-state index in [9.17, 15) is 19.8 Å². The van der Waals surface area contributed by atoms with Crippen molar-refractivity contribution in [1.29, 1.82) is 0 Å². The van der Waals surface area contributed by atoms with Crippen molar-refractivity contribution < 1.29 is 19.8 Å². The van der Waals surface area contributed by atoms with Gasteiger partial charge in [0, 0.05) is 56.2 Å². The van der Waals surface area contributed by atoms with Crippen LogP contribution in [-0.4, -0.2) is 93.1 Å². The average Bonchev–Trinajstić information content (AvgIpc) is 3.23. The van der Waals surface area contributed by atoms with Crippen LogP contribution >= 0.6 is 0 Å². The van der Waals surface area contributed by atoms with Crippen LogP contribution < -0.4 is 4.90 Å². The van der Waals surface area contributed by atoms with E-state index in [0.717, 1.165) is 30.8 Å². The molecule has 6 rings (SSSR count). The molecule has 38 heavy (non-hydrogen) atoms. The van der Waals surface area contributed by atoms with Gasteiger partial charge in [0.05, 0.1) is 12.2 Å². The first kappa shape index (κ1) is 25.4. The van der Waals surface area contributed by atoms with E-state index < -0.39 is 5.60 Å². The second kappa shape index (κ2) is 9.38. The van der Waals surface area contributed by atoms with E-state index in [1.807, 2.05) is 4.90 Å². The van der Waals surface area contributed by atoms with Crippen molar-refractivity contribution in [2.45, 2.75) is 58.1 Å². The number of rotatable bonds is 5. The van der Waals surface area contributed by atoms with Crippen molar-refractivity contribution in [1.82, 2.24) is 19.6 Å². The number of amides is 2. The van der Waals surface area contributed by atoms with E-state index in [0.29, 0.717) is 62.5 Å². The first-order chi connectivity index (χ1) is 18.2. The fourth-order valence-electron chi connectivity index (χ4n) is 6.86. The van der Waals surface area contributed by atoms with Crippen molar-refractivity contribution >= 4 is 17.5 Å². The number of anilines is 1. The zero-order valence-corrected chi connectivity index (χ0v) is 22.7. The monoisotopic (exact) mass is 521 g/mol. The van der Waals surface area contributed by atoms with Crippen LogP contribution in [0, 0.1) is 25.7 Å². The summed E-state index contributed by atoms with van der Waals surface area (Å²) in [5, 5.41) is 24.6. The zero-order valence-electron chi connectivity index (χ0n) is 22.7. The lowest BCUT2D eigenvalue weighted by Gasteiger charge is -2.37. The number of aliphatic hydroxyl groups excluding tert-OH is 1. The van der Waals surface area contributed by atoms with E-state index in [4.69, 9.17) is 5.10 Å². The summed E-state index contributed by atoms with van der Waals surface area (Å²) in [7, 11) is 0. The number of aryl methyl sites for hydroxylation is 1. The molecule has 2 aliphatic carbocycles. The number of hydrogen-bond acceptors (Lipinski definition) is 6. The number of piperazine rings is 1. The Morgan fingerprint density at radius 1 is 1.05 bits per heavy atom. The van der Waals surface area contributed by atoms with Crippen molar-refractivity contribution in [2.24, 2.45) is 11.8 Å². The van der Waals surface area contributed by atoms with Crippen LogP contribution in [0.15, 0.2) is 18.2 Å². The molecule has 2 saturated heterocycles. The summed E-state index contributed by atoms with van der Waals surface area (Å²) >= 11 is 0. The normalized spacial score (nSPS) is 25.8.